The Balaban J connectivity index is 2.00. The Kier molecular flexibility index (Phi) is 5.68. The van der Waals surface area contributed by atoms with Gasteiger partial charge in [-0.15, -0.1) is 11.3 Å². The predicted molar refractivity (Wildman–Crippen MR) is 102 cm³/mol. The molecule has 1 N–H and O–H groups in total. The average molecular weight is 354 g/mol. The highest BCUT2D eigenvalue weighted by Gasteiger charge is 2.08. The zero-order valence-electron chi connectivity index (χ0n) is 14.5. The van der Waals surface area contributed by atoms with Crippen LogP contribution in [0.15, 0.2) is 58.9 Å². The monoisotopic (exact) mass is 354 g/mol. The number of hydrogen-bond acceptors (Lipinski definition) is 4. The van der Waals surface area contributed by atoms with Crippen molar-refractivity contribution < 1.29 is 9.84 Å². The molecule has 0 fully saturated rings. The van der Waals surface area contributed by atoms with Gasteiger partial charge in [-0.2, -0.15) is 0 Å². The molecule has 130 valence electrons. The summed E-state index contributed by atoms with van der Waals surface area (Å²) in [4.78, 5) is 5.62. The van der Waals surface area contributed by atoms with Crippen molar-refractivity contribution >= 4 is 17.0 Å². The van der Waals surface area contributed by atoms with E-state index < -0.39 is 0 Å². The number of ether oxygens (including phenoxy) is 1. The van der Waals surface area contributed by atoms with Crippen molar-refractivity contribution in [3.05, 3.63) is 64.3 Å². The van der Waals surface area contributed by atoms with Crippen molar-refractivity contribution in [1.29, 1.82) is 0 Å². The number of rotatable bonds is 6. The van der Waals surface area contributed by atoms with Gasteiger partial charge in [0.15, 0.2) is 4.80 Å². The SMILES string of the molecule is CCOc1ccc(-c2csc(=Nc3ccc(C)cc3)n2CCO)cc1. The van der Waals surface area contributed by atoms with Gasteiger partial charge in [0.05, 0.1) is 24.6 Å². The number of benzene rings is 2. The van der Waals surface area contributed by atoms with Crippen molar-refractivity contribution in [3.8, 4) is 17.0 Å². The Morgan fingerprint density at radius 1 is 1.08 bits per heavy atom. The number of aliphatic hydroxyl groups is 1. The fraction of sp³-hybridized carbons (Fsp3) is 0.250. The Hall–Kier alpha value is -2.37. The largest absolute Gasteiger partial charge is 0.494 e. The van der Waals surface area contributed by atoms with E-state index in [9.17, 15) is 5.11 Å². The first-order valence-corrected chi connectivity index (χ1v) is 9.23. The molecule has 0 saturated heterocycles. The Morgan fingerprint density at radius 3 is 2.44 bits per heavy atom. The van der Waals surface area contributed by atoms with E-state index in [1.165, 1.54) is 5.56 Å². The number of aromatic nitrogens is 1. The normalized spacial score (nSPS) is 11.7. The minimum atomic E-state index is 0.0713. The summed E-state index contributed by atoms with van der Waals surface area (Å²) >= 11 is 1.58. The van der Waals surface area contributed by atoms with Crippen LogP contribution >= 0.6 is 11.3 Å². The standard InChI is InChI=1S/C20H22N2O2S/c1-3-24-18-10-6-16(7-11-18)19-14-25-20(22(19)12-13-23)21-17-8-4-15(2)5-9-17/h4-11,14,23H,3,12-13H2,1-2H3. The predicted octanol–water partition coefficient (Wildman–Crippen LogP) is 4.15. The maximum atomic E-state index is 9.47. The van der Waals surface area contributed by atoms with E-state index >= 15 is 0 Å². The van der Waals surface area contributed by atoms with Crippen LogP contribution in [0.5, 0.6) is 5.75 Å². The molecule has 1 heterocycles. The third-order valence-electron chi connectivity index (χ3n) is 3.84. The van der Waals surface area contributed by atoms with Crippen LogP contribution in [0.4, 0.5) is 5.69 Å². The van der Waals surface area contributed by atoms with E-state index in [1.807, 2.05) is 43.3 Å². The van der Waals surface area contributed by atoms with Crippen molar-refractivity contribution in [1.82, 2.24) is 4.57 Å². The van der Waals surface area contributed by atoms with Crippen molar-refractivity contribution in [2.75, 3.05) is 13.2 Å². The lowest BCUT2D eigenvalue weighted by Crippen LogP contribution is -2.17. The highest BCUT2D eigenvalue weighted by Crippen LogP contribution is 2.23. The summed E-state index contributed by atoms with van der Waals surface area (Å²) in [5.74, 6) is 0.861. The molecule has 0 aliphatic carbocycles. The summed E-state index contributed by atoms with van der Waals surface area (Å²) in [6.07, 6.45) is 0. The molecule has 2 aromatic carbocycles. The first kappa shape index (κ1) is 17.5. The molecule has 3 aromatic rings. The lowest BCUT2D eigenvalue weighted by Gasteiger charge is -2.09. The molecule has 0 radical (unpaired) electrons. The molecule has 0 spiro atoms. The quantitative estimate of drug-likeness (QED) is 0.723. The van der Waals surface area contributed by atoms with Gasteiger partial charge >= 0.3 is 0 Å². The third kappa shape index (κ3) is 4.18. The highest BCUT2D eigenvalue weighted by atomic mass is 32.1. The van der Waals surface area contributed by atoms with Crippen LogP contribution < -0.4 is 9.54 Å². The maximum Gasteiger partial charge on any atom is 0.190 e. The second-order valence-corrected chi connectivity index (χ2v) is 6.52. The van der Waals surface area contributed by atoms with Crippen molar-refractivity contribution in [2.24, 2.45) is 4.99 Å². The van der Waals surface area contributed by atoms with Crippen LogP contribution in [0.1, 0.15) is 12.5 Å². The molecular weight excluding hydrogens is 332 g/mol. The molecule has 4 nitrogen and oxygen atoms in total. The number of aliphatic hydroxyl groups excluding tert-OH is 1. The molecular formula is C20H22N2O2S. The lowest BCUT2D eigenvalue weighted by molar-refractivity contribution is 0.275. The maximum absolute atomic E-state index is 9.47. The molecule has 0 unspecified atom stereocenters. The summed E-state index contributed by atoms with van der Waals surface area (Å²) in [6.45, 7) is 5.27. The second kappa shape index (κ2) is 8.14. The highest BCUT2D eigenvalue weighted by molar-refractivity contribution is 7.07. The van der Waals surface area contributed by atoms with E-state index in [1.54, 1.807) is 11.3 Å². The number of hydrogen-bond donors (Lipinski definition) is 1. The van der Waals surface area contributed by atoms with Gasteiger partial charge in [0.2, 0.25) is 0 Å². The molecule has 1 aromatic heterocycles. The molecule has 0 atom stereocenters. The molecule has 25 heavy (non-hydrogen) atoms. The van der Waals surface area contributed by atoms with Crippen LogP contribution in [0.25, 0.3) is 11.3 Å². The zero-order valence-corrected chi connectivity index (χ0v) is 15.3. The molecule has 5 heteroatoms. The topological polar surface area (TPSA) is 46.8 Å². The van der Waals surface area contributed by atoms with Gasteiger partial charge in [0, 0.05) is 11.9 Å². The number of nitrogens with zero attached hydrogens (tertiary/aromatic N) is 2. The number of thiazole rings is 1. The van der Waals surface area contributed by atoms with Crippen LogP contribution in [0.3, 0.4) is 0 Å². The van der Waals surface area contributed by atoms with Gasteiger partial charge in [-0.05, 0) is 55.8 Å². The van der Waals surface area contributed by atoms with E-state index in [0.29, 0.717) is 13.2 Å². The molecule has 0 saturated carbocycles. The van der Waals surface area contributed by atoms with Crippen LogP contribution in [0.2, 0.25) is 0 Å². The Labute approximate surface area is 151 Å². The molecule has 0 aliphatic heterocycles. The van der Waals surface area contributed by atoms with Crippen LogP contribution in [0, 0.1) is 6.92 Å². The van der Waals surface area contributed by atoms with Crippen LogP contribution in [-0.4, -0.2) is 22.9 Å². The average Bonchev–Trinajstić information content (AvgIpc) is 3.01. The minimum Gasteiger partial charge on any atom is -0.494 e. The summed E-state index contributed by atoms with van der Waals surface area (Å²) in [7, 11) is 0. The molecule has 0 amide bonds. The van der Waals surface area contributed by atoms with Gasteiger partial charge in [-0.3, -0.25) is 0 Å². The minimum absolute atomic E-state index is 0.0713. The molecule has 0 aliphatic rings. The summed E-state index contributed by atoms with van der Waals surface area (Å²) in [6, 6.07) is 16.1. The van der Waals surface area contributed by atoms with Gasteiger partial charge in [-0.1, -0.05) is 17.7 Å². The van der Waals surface area contributed by atoms with E-state index in [2.05, 4.69) is 29.0 Å². The van der Waals surface area contributed by atoms with Crippen molar-refractivity contribution in [3.63, 3.8) is 0 Å². The summed E-state index contributed by atoms with van der Waals surface area (Å²) in [5, 5.41) is 11.6. The fourth-order valence-corrected chi connectivity index (χ4v) is 3.54. The number of aryl methyl sites for hydroxylation is 1. The Morgan fingerprint density at radius 2 is 1.80 bits per heavy atom. The summed E-state index contributed by atoms with van der Waals surface area (Å²) < 4.78 is 7.56. The lowest BCUT2D eigenvalue weighted by atomic mass is 10.1. The van der Waals surface area contributed by atoms with E-state index in [0.717, 1.165) is 27.5 Å². The first-order valence-electron chi connectivity index (χ1n) is 8.35. The van der Waals surface area contributed by atoms with Gasteiger partial charge < -0.3 is 14.4 Å². The fourth-order valence-electron chi connectivity index (χ4n) is 2.58. The van der Waals surface area contributed by atoms with Crippen LogP contribution in [-0.2, 0) is 6.54 Å². The van der Waals surface area contributed by atoms with E-state index in [4.69, 9.17) is 9.73 Å². The second-order valence-electron chi connectivity index (χ2n) is 5.68. The van der Waals surface area contributed by atoms with Crippen molar-refractivity contribution in [2.45, 2.75) is 20.4 Å². The van der Waals surface area contributed by atoms with Gasteiger partial charge in [0.25, 0.3) is 0 Å². The molecule has 0 bridgehead atoms. The smallest absolute Gasteiger partial charge is 0.190 e. The zero-order chi connectivity index (χ0) is 17.6. The Bertz CT molecular complexity index is 877. The van der Waals surface area contributed by atoms with Gasteiger partial charge in [-0.25, -0.2) is 4.99 Å². The first-order chi connectivity index (χ1) is 12.2. The third-order valence-corrected chi connectivity index (χ3v) is 4.70. The van der Waals surface area contributed by atoms with Gasteiger partial charge in [0.1, 0.15) is 5.75 Å². The van der Waals surface area contributed by atoms with E-state index in [-0.39, 0.29) is 6.61 Å². The summed E-state index contributed by atoms with van der Waals surface area (Å²) in [5.41, 5.74) is 4.26. The molecule has 3 rings (SSSR count).